The van der Waals surface area contributed by atoms with E-state index in [1.165, 1.54) is 12.8 Å². The van der Waals surface area contributed by atoms with Gasteiger partial charge in [0.1, 0.15) is 5.82 Å². The van der Waals surface area contributed by atoms with Crippen LogP contribution in [0.25, 0.3) is 0 Å². The summed E-state index contributed by atoms with van der Waals surface area (Å²) >= 11 is 6.21. The molecule has 0 bridgehead atoms. The average Bonchev–Trinajstić information content (AvgIpc) is 2.96. The lowest BCUT2D eigenvalue weighted by atomic mass is 10.1. The minimum atomic E-state index is 0.640. The number of nitrogens with one attached hydrogen (secondary N) is 1. The topological polar surface area (TPSA) is 41.2 Å². The van der Waals surface area contributed by atoms with E-state index in [-0.39, 0.29) is 0 Å². The first-order chi connectivity index (χ1) is 9.22. The lowest BCUT2D eigenvalue weighted by Gasteiger charge is -2.14. The number of aromatic nitrogens is 2. The van der Waals surface area contributed by atoms with Crippen LogP contribution in [0.4, 0.5) is 0 Å². The normalized spacial score (nSPS) is 20.3. The van der Waals surface area contributed by atoms with E-state index in [1.807, 2.05) is 0 Å². The molecule has 1 aromatic heterocycles. The van der Waals surface area contributed by atoms with Gasteiger partial charge in [0, 0.05) is 26.6 Å². The molecule has 4 nitrogen and oxygen atoms in total. The lowest BCUT2D eigenvalue weighted by Crippen LogP contribution is -2.21. The zero-order valence-corrected chi connectivity index (χ0v) is 12.7. The van der Waals surface area contributed by atoms with Crippen LogP contribution in [0.15, 0.2) is 0 Å². The quantitative estimate of drug-likeness (QED) is 0.837. The van der Waals surface area contributed by atoms with Gasteiger partial charge in [-0.15, -0.1) is 0 Å². The molecule has 0 radical (unpaired) electrons. The van der Waals surface area contributed by atoms with Crippen molar-refractivity contribution in [1.82, 2.24) is 14.9 Å². The molecule has 2 rings (SSSR count). The number of H-pyrrole nitrogens is 1. The Kier molecular flexibility index (Phi) is 5.67. The number of halogens is 1. The number of hydrogen-bond acceptors (Lipinski definition) is 3. The molecule has 108 valence electrons. The summed E-state index contributed by atoms with van der Waals surface area (Å²) in [5, 5.41) is 0.640. The maximum Gasteiger partial charge on any atom is 0.151 e. The van der Waals surface area contributed by atoms with Gasteiger partial charge in [0.2, 0.25) is 0 Å². The molecular formula is C14H24ClN3O. The molecule has 0 amide bonds. The van der Waals surface area contributed by atoms with Gasteiger partial charge in [-0.1, -0.05) is 24.9 Å². The summed E-state index contributed by atoms with van der Waals surface area (Å²) in [7, 11) is 1.77. The van der Waals surface area contributed by atoms with Crippen LogP contribution in [-0.4, -0.2) is 41.7 Å². The third-order valence-electron chi connectivity index (χ3n) is 3.70. The number of unbranched alkanes of at least 4 members (excludes halogenated alkanes) is 1. The number of aryl methyl sites for hydroxylation is 1. The van der Waals surface area contributed by atoms with Crippen molar-refractivity contribution in [3.05, 3.63) is 16.7 Å². The fourth-order valence-corrected chi connectivity index (χ4v) is 2.87. The van der Waals surface area contributed by atoms with Gasteiger partial charge in [0.15, 0.2) is 5.15 Å². The summed E-state index contributed by atoms with van der Waals surface area (Å²) in [4.78, 5) is 10.2. The van der Waals surface area contributed by atoms with Crippen molar-refractivity contribution >= 4 is 11.6 Å². The van der Waals surface area contributed by atoms with Crippen molar-refractivity contribution in [2.45, 2.75) is 39.2 Å². The van der Waals surface area contributed by atoms with E-state index in [0.717, 1.165) is 50.6 Å². The first kappa shape index (κ1) is 14.8. The zero-order chi connectivity index (χ0) is 13.7. The highest BCUT2D eigenvalue weighted by Gasteiger charge is 2.23. The number of methoxy groups -OCH3 is 1. The van der Waals surface area contributed by atoms with E-state index in [1.54, 1.807) is 7.11 Å². The monoisotopic (exact) mass is 285 g/mol. The first-order valence-corrected chi connectivity index (χ1v) is 7.55. The third-order valence-corrected chi connectivity index (χ3v) is 4.01. The molecule has 1 aliphatic heterocycles. The van der Waals surface area contributed by atoms with Crippen LogP contribution in [0.2, 0.25) is 5.15 Å². The molecular weight excluding hydrogens is 262 g/mol. The summed E-state index contributed by atoms with van der Waals surface area (Å²) in [5.74, 6) is 1.68. The van der Waals surface area contributed by atoms with Gasteiger partial charge in [0.25, 0.3) is 0 Å². The minimum Gasteiger partial charge on any atom is -0.384 e. The van der Waals surface area contributed by atoms with Gasteiger partial charge in [-0.2, -0.15) is 0 Å². The van der Waals surface area contributed by atoms with Crippen LogP contribution in [0.3, 0.4) is 0 Å². The molecule has 0 spiro atoms. The number of ether oxygens (including phenoxy) is 1. The molecule has 1 aromatic rings. The molecule has 1 unspecified atom stereocenters. The Hall–Kier alpha value is -0.580. The molecule has 1 atom stereocenters. The standard InChI is InChI=1S/C14H24ClN3O/c1-3-4-5-13-16-12(14(15)17-13)9-18-7-6-11(8-18)10-19-2/h11H,3-10H2,1-2H3,(H,16,17). The van der Waals surface area contributed by atoms with Crippen LogP contribution < -0.4 is 0 Å². The highest BCUT2D eigenvalue weighted by molar-refractivity contribution is 6.30. The fraction of sp³-hybridized carbons (Fsp3) is 0.786. The van der Waals surface area contributed by atoms with Crippen molar-refractivity contribution in [2.24, 2.45) is 5.92 Å². The van der Waals surface area contributed by atoms with Crippen LogP contribution >= 0.6 is 11.6 Å². The maximum atomic E-state index is 6.21. The van der Waals surface area contributed by atoms with Crippen LogP contribution in [0, 0.1) is 5.92 Å². The van der Waals surface area contributed by atoms with Crippen molar-refractivity contribution in [2.75, 3.05) is 26.8 Å². The molecule has 2 heterocycles. The van der Waals surface area contributed by atoms with E-state index in [4.69, 9.17) is 16.3 Å². The van der Waals surface area contributed by atoms with Gasteiger partial charge in [-0.05, 0) is 25.3 Å². The molecule has 1 fully saturated rings. The molecule has 0 aliphatic carbocycles. The highest BCUT2D eigenvalue weighted by atomic mass is 35.5. The van der Waals surface area contributed by atoms with Gasteiger partial charge in [-0.3, -0.25) is 4.90 Å². The van der Waals surface area contributed by atoms with E-state index in [2.05, 4.69) is 21.8 Å². The highest BCUT2D eigenvalue weighted by Crippen LogP contribution is 2.21. The number of rotatable bonds is 7. The average molecular weight is 286 g/mol. The van der Waals surface area contributed by atoms with Gasteiger partial charge < -0.3 is 9.72 Å². The molecule has 5 heteroatoms. The predicted molar refractivity (Wildman–Crippen MR) is 77.5 cm³/mol. The Labute approximate surface area is 120 Å². The maximum absolute atomic E-state index is 6.21. The molecule has 19 heavy (non-hydrogen) atoms. The van der Waals surface area contributed by atoms with Crippen LogP contribution in [-0.2, 0) is 17.7 Å². The predicted octanol–water partition coefficient (Wildman–Crippen LogP) is 2.87. The number of imidazole rings is 1. The van der Waals surface area contributed by atoms with Crippen LogP contribution in [0.5, 0.6) is 0 Å². The van der Waals surface area contributed by atoms with E-state index < -0.39 is 0 Å². The van der Waals surface area contributed by atoms with Crippen molar-refractivity contribution in [3.8, 4) is 0 Å². The number of hydrogen-bond donors (Lipinski definition) is 1. The van der Waals surface area contributed by atoms with Gasteiger partial charge >= 0.3 is 0 Å². The molecule has 1 aliphatic rings. The Morgan fingerprint density at radius 1 is 1.53 bits per heavy atom. The largest absolute Gasteiger partial charge is 0.384 e. The first-order valence-electron chi connectivity index (χ1n) is 7.17. The second-order valence-corrected chi connectivity index (χ2v) is 5.76. The Bertz CT molecular complexity index is 394. The van der Waals surface area contributed by atoms with E-state index in [9.17, 15) is 0 Å². The zero-order valence-electron chi connectivity index (χ0n) is 11.9. The SMILES string of the molecule is CCCCc1nc(Cl)c(CN2CCC(COC)C2)[nH]1. The van der Waals surface area contributed by atoms with Crippen molar-refractivity contribution in [3.63, 3.8) is 0 Å². The molecule has 0 aromatic carbocycles. The van der Waals surface area contributed by atoms with Gasteiger partial charge in [-0.25, -0.2) is 4.98 Å². The smallest absolute Gasteiger partial charge is 0.151 e. The van der Waals surface area contributed by atoms with Crippen LogP contribution in [0.1, 0.15) is 37.7 Å². The Morgan fingerprint density at radius 3 is 3.11 bits per heavy atom. The summed E-state index contributed by atoms with van der Waals surface area (Å²) < 4.78 is 5.22. The third kappa shape index (κ3) is 4.20. The van der Waals surface area contributed by atoms with E-state index in [0.29, 0.717) is 11.1 Å². The Balaban J connectivity index is 1.87. The number of nitrogens with zero attached hydrogens (tertiary/aromatic N) is 2. The summed E-state index contributed by atoms with van der Waals surface area (Å²) in [6.07, 6.45) is 4.53. The summed E-state index contributed by atoms with van der Waals surface area (Å²) in [5.41, 5.74) is 1.06. The van der Waals surface area contributed by atoms with Gasteiger partial charge in [0.05, 0.1) is 12.3 Å². The number of aromatic amines is 1. The molecule has 0 saturated carbocycles. The fourth-order valence-electron chi connectivity index (χ4n) is 2.66. The summed E-state index contributed by atoms with van der Waals surface area (Å²) in [6, 6.07) is 0. The van der Waals surface area contributed by atoms with E-state index >= 15 is 0 Å². The number of likely N-dealkylation sites (tertiary alicyclic amines) is 1. The lowest BCUT2D eigenvalue weighted by molar-refractivity contribution is 0.152. The minimum absolute atomic E-state index is 0.640. The second-order valence-electron chi connectivity index (χ2n) is 5.40. The molecule has 1 N–H and O–H groups in total. The Morgan fingerprint density at radius 2 is 2.37 bits per heavy atom. The second kappa shape index (κ2) is 7.27. The van der Waals surface area contributed by atoms with Crippen molar-refractivity contribution in [1.29, 1.82) is 0 Å². The molecule has 1 saturated heterocycles. The summed E-state index contributed by atoms with van der Waals surface area (Å²) in [6.45, 7) is 6.12. The van der Waals surface area contributed by atoms with Crippen molar-refractivity contribution < 1.29 is 4.74 Å².